The zero-order chi connectivity index (χ0) is 17.1. The number of nitrogens with zero attached hydrogens (tertiary/aromatic N) is 1. The second kappa shape index (κ2) is 6.69. The van der Waals surface area contributed by atoms with Crippen molar-refractivity contribution < 1.29 is 23.2 Å². The highest BCUT2D eigenvalue weighted by Gasteiger charge is 2.22. The summed E-state index contributed by atoms with van der Waals surface area (Å²) in [7, 11) is 0. The van der Waals surface area contributed by atoms with E-state index in [0.717, 1.165) is 18.2 Å². The van der Waals surface area contributed by atoms with Gasteiger partial charge in [0.2, 0.25) is 6.41 Å². The number of amides is 1. The Bertz CT molecular complexity index is 799. The van der Waals surface area contributed by atoms with Crippen LogP contribution in [0.15, 0.2) is 28.7 Å². The monoisotopic (exact) mass is 386 g/mol. The molecule has 2 rings (SSSR count). The smallest absolute Gasteiger partial charge is 0.276 e. The molecule has 9 heteroatoms. The summed E-state index contributed by atoms with van der Waals surface area (Å²) in [6.45, 7) is 1.43. The van der Waals surface area contributed by atoms with Crippen molar-refractivity contribution in [3.63, 3.8) is 0 Å². The summed E-state index contributed by atoms with van der Waals surface area (Å²) < 4.78 is 32.9. The van der Waals surface area contributed by atoms with Crippen LogP contribution in [0.1, 0.15) is 5.56 Å². The van der Waals surface area contributed by atoms with E-state index >= 15 is 0 Å². The maximum Gasteiger partial charge on any atom is 0.276 e. The molecule has 0 aromatic heterocycles. The van der Waals surface area contributed by atoms with E-state index in [1.165, 1.54) is 13.0 Å². The predicted molar refractivity (Wildman–Crippen MR) is 81.7 cm³/mol. The Morgan fingerprint density at radius 2 is 2.00 bits per heavy atom. The minimum atomic E-state index is -0.955. The molecule has 2 aromatic rings. The lowest BCUT2D eigenvalue weighted by molar-refractivity contribution is -0.385. The number of nitrogens with one attached hydrogen (secondary N) is 1. The molecule has 0 spiro atoms. The van der Waals surface area contributed by atoms with E-state index in [1.54, 1.807) is 0 Å². The van der Waals surface area contributed by atoms with Gasteiger partial charge in [-0.2, -0.15) is 0 Å². The largest absolute Gasteiger partial charge is 0.453 e. The molecule has 2 aromatic carbocycles. The number of halogens is 3. The quantitative estimate of drug-likeness (QED) is 0.471. The molecule has 0 saturated carbocycles. The van der Waals surface area contributed by atoms with Crippen LogP contribution in [0.2, 0.25) is 0 Å². The van der Waals surface area contributed by atoms with Crippen molar-refractivity contribution in [2.45, 2.75) is 6.92 Å². The lowest BCUT2D eigenvalue weighted by Gasteiger charge is -2.12. The van der Waals surface area contributed by atoms with Gasteiger partial charge in [0, 0.05) is 11.6 Å². The third kappa shape index (κ3) is 3.45. The first-order valence-corrected chi connectivity index (χ1v) is 6.95. The molecule has 0 heterocycles. The van der Waals surface area contributed by atoms with E-state index < -0.39 is 22.2 Å². The fourth-order valence-corrected chi connectivity index (χ4v) is 2.30. The molecule has 120 valence electrons. The molecule has 1 amide bonds. The average Bonchev–Trinajstić information content (AvgIpc) is 2.50. The highest BCUT2D eigenvalue weighted by Crippen LogP contribution is 2.39. The van der Waals surface area contributed by atoms with Gasteiger partial charge in [0.1, 0.15) is 11.6 Å². The minimum Gasteiger partial charge on any atom is -0.453 e. The fourth-order valence-electron chi connectivity index (χ4n) is 1.82. The molecule has 0 radical (unpaired) electrons. The number of ether oxygens (including phenoxy) is 1. The van der Waals surface area contributed by atoms with Crippen LogP contribution in [0, 0.1) is 28.7 Å². The number of benzene rings is 2. The van der Waals surface area contributed by atoms with Crippen molar-refractivity contribution in [1.29, 1.82) is 0 Å². The van der Waals surface area contributed by atoms with Gasteiger partial charge in [0.25, 0.3) is 5.69 Å². The maximum absolute atomic E-state index is 14.1. The van der Waals surface area contributed by atoms with E-state index in [9.17, 15) is 23.7 Å². The third-order valence-electron chi connectivity index (χ3n) is 2.96. The molecule has 23 heavy (non-hydrogen) atoms. The molecular formula is C14H9BrF2N2O4. The number of rotatable bonds is 5. The third-order valence-corrected chi connectivity index (χ3v) is 3.92. The molecular weight excluding hydrogens is 378 g/mol. The van der Waals surface area contributed by atoms with Gasteiger partial charge in [-0.15, -0.1) is 0 Å². The van der Waals surface area contributed by atoms with Crippen LogP contribution in [0.4, 0.5) is 20.2 Å². The highest BCUT2D eigenvalue weighted by molar-refractivity contribution is 9.10. The molecule has 0 atom stereocenters. The Kier molecular flexibility index (Phi) is 4.89. The van der Waals surface area contributed by atoms with Gasteiger partial charge in [-0.3, -0.25) is 14.9 Å². The van der Waals surface area contributed by atoms with E-state index in [-0.39, 0.29) is 33.6 Å². The number of nitro groups is 1. The van der Waals surface area contributed by atoms with Gasteiger partial charge >= 0.3 is 0 Å². The summed E-state index contributed by atoms with van der Waals surface area (Å²) in [5.74, 6) is -1.88. The average molecular weight is 387 g/mol. The van der Waals surface area contributed by atoms with Gasteiger partial charge in [0.05, 0.1) is 21.1 Å². The van der Waals surface area contributed by atoms with Crippen LogP contribution >= 0.6 is 15.9 Å². The zero-order valence-corrected chi connectivity index (χ0v) is 13.2. The van der Waals surface area contributed by atoms with E-state index in [1.807, 2.05) is 0 Å². The molecule has 0 aliphatic rings. The Morgan fingerprint density at radius 3 is 2.61 bits per heavy atom. The second-order valence-electron chi connectivity index (χ2n) is 4.41. The Labute approximate surface area is 137 Å². The SMILES string of the molecule is Cc1c([N+](=O)[O-])cc(F)c(Oc2ccc(F)c(NC=O)c2)c1Br. The van der Waals surface area contributed by atoms with Crippen LogP contribution in [-0.4, -0.2) is 11.3 Å². The van der Waals surface area contributed by atoms with Crippen LogP contribution < -0.4 is 10.1 Å². The summed E-state index contributed by atoms with van der Waals surface area (Å²) in [4.78, 5) is 20.5. The number of hydrogen-bond donors (Lipinski definition) is 1. The molecule has 0 aliphatic carbocycles. The summed E-state index contributed by atoms with van der Waals surface area (Å²) in [6, 6.07) is 4.16. The molecule has 1 N–H and O–H groups in total. The zero-order valence-electron chi connectivity index (χ0n) is 11.6. The molecule has 0 bridgehead atoms. The lowest BCUT2D eigenvalue weighted by atomic mass is 10.2. The summed E-state index contributed by atoms with van der Waals surface area (Å²) in [5.41, 5.74) is -0.364. The topological polar surface area (TPSA) is 81.5 Å². The number of carbonyl (C=O) groups is 1. The second-order valence-corrected chi connectivity index (χ2v) is 5.20. The van der Waals surface area contributed by atoms with Crippen molar-refractivity contribution in [2.75, 3.05) is 5.32 Å². The lowest BCUT2D eigenvalue weighted by Crippen LogP contribution is -2.00. The van der Waals surface area contributed by atoms with E-state index in [2.05, 4.69) is 21.2 Å². The van der Waals surface area contributed by atoms with E-state index in [0.29, 0.717) is 0 Å². The number of hydrogen-bond acceptors (Lipinski definition) is 4. The van der Waals surface area contributed by atoms with Crippen molar-refractivity contribution in [3.8, 4) is 11.5 Å². The molecule has 0 fully saturated rings. The molecule has 0 saturated heterocycles. The first kappa shape index (κ1) is 16.8. The first-order chi connectivity index (χ1) is 10.8. The Morgan fingerprint density at radius 1 is 1.30 bits per heavy atom. The van der Waals surface area contributed by atoms with Gasteiger partial charge < -0.3 is 10.1 Å². The van der Waals surface area contributed by atoms with Crippen molar-refractivity contribution in [2.24, 2.45) is 0 Å². The fraction of sp³-hybridized carbons (Fsp3) is 0.0714. The number of carbonyl (C=O) groups excluding carboxylic acids is 1. The molecule has 0 unspecified atom stereocenters. The van der Waals surface area contributed by atoms with Crippen molar-refractivity contribution in [1.82, 2.24) is 0 Å². The first-order valence-electron chi connectivity index (χ1n) is 6.15. The normalized spacial score (nSPS) is 10.3. The standard InChI is InChI=1S/C14H9BrF2N2O4/c1-7-12(19(21)22)5-10(17)14(13(7)15)23-8-2-3-9(16)11(4-8)18-6-20/h2-6H,1H3,(H,18,20). The van der Waals surface area contributed by atoms with Gasteiger partial charge in [-0.25, -0.2) is 8.78 Å². The molecule has 6 nitrogen and oxygen atoms in total. The Hall–Kier alpha value is -2.55. The minimum absolute atomic E-state index is 0.0450. The van der Waals surface area contributed by atoms with Crippen molar-refractivity contribution >= 4 is 33.7 Å². The number of nitro benzene ring substituents is 1. The van der Waals surface area contributed by atoms with Crippen LogP contribution in [-0.2, 0) is 4.79 Å². The summed E-state index contributed by atoms with van der Waals surface area (Å²) in [5, 5.41) is 13.0. The van der Waals surface area contributed by atoms with Crippen LogP contribution in [0.3, 0.4) is 0 Å². The van der Waals surface area contributed by atoms with Gasteiger partial charge in [-0.05, 0) is 35.0 Å². The highest BCUT2D eigenvalue weighted by atomic mass is 79.9. The van der Waals surface area contributed by atoms with Gasteiger partial charge in [-0.1, -0.05) is 0 Å². The van der Waals surface area contributed by atoms with Crippen LogP contribution in [0.25, 0.3) is 0 Å². The summed E-state index contributed by atoms with van der Waals surface area (Å²) in [6.07, 6.45) is 0.286. The molecule has 0 aliphatic heterocycles. The van der Waals surface area contributed by atoms with Crippen molar-refractivity contribution in [3.05, 3.63) is 56.1 Å². The van der Waals surface area contributed by atoms with Gasteiger partial charge in [0.15, 0.2) is 11.6 Å². The predicted octanol–water partition coefficient (Wildman–Crippen LogP) is 4.30. The van der Waals surface area contributed by atoms with Crippen LogP contribution in [0.5, 0.6) is 11.5 Å². The van der Waals surface area contributed by atoms with E-state index in [4.69, 9.17) is 4.74 Å². The maximum atomic E-state index is 14.1. The summed E-state index contributed by atoms with van der Waals surface area (Å²) >= 11 is 3.06. The Balaban J connectivity index is 2.45. The number of anilines is 1.